The highest BCUT2D eigenvalue weighted by atomic mass is 16.6. The first-order valence-corrected chi connectivity index (χ1v) is 9.51. The van der Waals surface area contributed by atoms with Crippen LogP contribution in [0.2, 0.25) is 0 Å². The lowest BCUT2D eigenvalue weighted by molar-refractivity contribution is -0.384. The molecule has 0 unspecified atom stereocenters. The molecule has 160 valence electrons. The molecule has 0 atom stereocenters. The molecule has 0 spiro atoms. The van der Waals surface area contributed by atoms with Gasteiger partial charge >= 0.3 is 0 Å². The van der Waals surface area contributed by atoms with Crippen molar-refractivity contribution in [1.82, 2.24) is 9.80 Å². The van der Waals surface area contributed by atoms with E-state index in [0.717, 1.165) is 5.56 Å². The molecule has 0 N–H and O–H groups in total. The summed E-state index contributed by atoms with van der Waals surface area (Å²) >= 11 is 0. The van der Waals surface area contributed by atoms with Gasteiger partial charge in [-0.05, 0) is 17.7 Å². The normalized spacial score (nSPS) is 14.3. The van der Waals surface area contributed by atoms with Gasteiger partial charge in [0.25, 0.3) is 11.6 Å². The number of benzene rings is 2. The number of nitro groups is 1. The van der Waals surface area contributed by atoms with Gasteiger partial charge in [0.2, 0.25) is 5.75 Å². The minimum atomic E-state index is -0.391. The topological polar surface area (TPSA) is 94.4 Å². The highest BCUT2D eigenvalue weighted by molar-refractivity contribution is 5.95. The van der Waals surface area contributed by atoms with Gasteiger partial charge in [0.1, 0.15) is 0 Å². The first kappa shape index (κ1) is 21.4. The van der Waals surface area contributed by atoms with E-state index in [1.54, 1.807) is 29.2 Å². The summed E-state index contributed by atoms with van der Waals surface area (Å²) in [5.74, 6) is 1.21. The molecule has 0 bridgehead atoms. The monoisotopic (exact) mass is 415 g/mol. The van der Waals surface area contributed by atoms with Gasteiger partial charge in [-0.2, -0.15) is 0 Å². The number of rotatable bonds is 7. The first-order chi connectivity index (χ1) is 14.5. The van der Waals surface area contributed by atoms with Crippen LogP contribution in [0.15, 0.2) is 36.4 Å². The van der Waals surface area contributed by atoms with Crippen molar-refractivity contribution in [1.29, 1.82) is 0 Å². The van der Waals surface area contributed by atoms with E-state index >= 15 is 0 Å². The van der Waals surface area contributed by atoms with Crippen molar-refractivity contribution >= 4 is 11.6 Å². The Morgan fingerprint density at radius 2 is 1.63 bits per heavy atom. The van der Waals surface area contributed by atoms with Crippen molar-refractivity contribution in [2.45, 2.75) is 6.54 Å². The third-order valence-electron chi connectivity index (χ3n) is 5.10. The highest BCUT2D eigenvalue weighted by Crippen LogP contribution is 2.38. The van der Waals surface area contributed by atoms with Crippen molar-refractivity contribution in [3.8, 4) is 17.2 Å². The van der Waals surface area contributed by atoms with E-state index in [1.807, 2.05) is 6.07 Å². The standard InChI is InChI=1S/C21H25N3O6/c1-28-18-12-16(13-19(29-2)20(18)30-3)21(25)23-9-7-22(8-10-23)14-15-5-4-6-17(11-15)24(26)27/h4-6,11-13H,7-10,14H2,1-3H3. The molecule has 1 heterocycles. The van der Waals surface area contributed by atoms with Crippen LogP contribution in [0.1, 0.15) is 15.9 Å². The molecular formula is C21H25N3O6. The number of hydrogen-bond donors (Lipinski definition) is 0. The predicted molar refractivity (Wildman–Crippen MR) is 110 cm³/mol. The maximum Gasteiger partial charge on any atom is 0.269 e. The molecule has 0 aliphatic carbocycles. The van der Waals surface area contributed by atoms with Gasteiger partial charge in [0.05, 0.1) is 26.3 Å². The van der Waals surface area contributed by atoms with Crippen molar-refractivity contribution in [2.24, 2.45) is 0 Å². The Kier molecular flexibility index (Phi) is 6.73. The van der Waals surface area contributed by atoms with Gasteiger partial charge in [-0.15, -0.1) is 0 Å². The highest BCUT2D eigenvalue weighted by Gasteiger charge is 2.25. The van der Waals surface area contributed by atoms with E-state index < -0.39 is 4.92 Å². The number of carbonyl (C=O) groups is 1. The van der Waals surface area contributed by atoms with Crippen LogP contribution >= 0.6 is 0 Å². The number of ether oxygens (including phenoxy) is 3. The smallest absolute Gasteiger partial charge is 0.269 e. The van der Waals surface area contributed by atoms with Crippen LogP contribution in [-0.2, 0) is 6.54 Å². The molecule has 1 fully saturated rings. The van der Waals surface area contributed by atoms with Crippen LogP contribution in [0, 0.1) is 10.1 Å². The van der Waals surface area contributed by atoms with Gasteiger partial charge in [0, 0.05) is 50.4 Å². The molecule has 30 heavy (non-hydrogen) atoms. The second-order valence-electron chi connectivity index (χ2n) is 6.91. The Hall–Kier alpha value is -3.33. The van der Waals surface area contributed by atoms with Crippen LogP contribution in [0.25, 0.3) is 0 Å². The Morgan fingerprint density at radius 1 is 1.00 bits per heavy atom. The molecule has 0 aromatic heterocycles. The lowest BCUT2D eigenvalue weighted by Gasteiger charge is -2.35. The molecule has 3 rings (SSSR count). The SMILES string of the molecule is COc1cc(C(=O)N2CCN(Cc3cccc([N+](=O)[O-])c3)CC2)cc(OC)c1OC. The van der Waals surface area contributed by atoms with Gasteiger partial charge in [-0.25, -0.2) is 0 Å². The minimum Gasteiger partial charge on any atom is -0.493 e. The summed E-state index contributed by atoms with van der Waals surface area (Å²) in [7, 11) is 4.54. The van der Waals surface area contributed by atoms with Crippen molar-refractivity contribution < 1.29 is 23.9 Å². The number of nitrogens with zero attached hydrogens (tertiary/aromatic N) is 3. The third kappa shape index (κ3) is 4.62. The number of carbonyl (C=O) groups excluding carboxylic acids is 1. The molecule has 1 saturated heterocycles. The van der Waals surface area contributed by atoms with Gasteiger partial charge < -0.3 is 19.1 Å². The lowest BCUT2D eigenvalue weighted by Crippen LogP contribution is -2.48. The average molecular weight is 415 g/mol. The molecule has 2 aromatic carbocycles. The minimum absolute atomic E-state index is 0.0868. The number of methoxy groups -OCH3 is 3. The van der Waals surface area contributed by atoms with Gasteiger partial charge in [-0.3, -0.25) is 19.8 Å². The molecule has 1 aliphatic rings. The Balaban J connectivity index is 1.66. The first-order valence-electron chi connectivity index (χ1n) is 9.51. The van der Waals surface area contributed by atoms with E-state index in [-0.39, 0.29) is 11.6 Å². The van der Waals surface area contributed by atoms with Gasteiger partial charge in [0.15, 0.2) is 11.5 Å². The maximum absolute atomic E-state index is 13.0. The summed E-state index contributed by atoms with van der Waals surface area (Å²) in [5.41, 5.74) is 1.44. The van der Waals surface area contributed by atoms with E-state index in [4.69, 9.17) is 14.2 Å². The van der Waals surface area contributed by atoms with E-state index in [2.05, 4.69) is 4.90 Å². The fourth-order valence-corrected chi connectivity index (χ4v) is 3.52. The lowest BCUT2D eigenvalue weighted by atomic mass is 10.1. The Bertz CT molecular complexity index is 900. The van der Waals surface area contributed by atoms with Crippen LogP contribution in [0.3, 0.4) is 0 Å². The molecule has 0 radical (unpaired) electrons. The number of piperazine rings is 1. The summed E-state index contributed by atoms with van der Waals surface area (Å²) in [6, 6.07) is 9.95. The van der Waals surface area contributed by atoms with E-state index in [1.165, 1.54) is 27.4 Å². The summed E-state index contributed by atoms with van der Waals surface area (Å²) < 4.78 is 16.0. The number of hydrogen-bond acceptors (Lipinski definition) is 7. The predicted octanol–water partition coefficient (Wildman–Crippen LogP) is 2.58. The fourth-order valence-electron chi connectivity index (χ4n) is 3.52. The van der Waals surface area contributed by atoms with Crippen LogP contribution in [-0.4, -0.2) is 68.1 Å². The summed E-state index contributed by atoms with van der Waals surface area (Å²) in [6.07, 6.45) is 0. The molecular weight excluding hydrogens is 390 g/mol. The van der Waals surface area contributed by atoms with Gasteiger partial charge in [-0.1, -0.05) is 12.1 Å². The number of nitro benzene ring substituents is 1. The third-order valence-corrected chi connectivity index (χ3v) is 5.10. The second-order valence-corrected chi connectivity index (χ2v) is 6.91. The quantitative estimate of drug-likeness (QED) is 0.507. The fraction of sp³-hybridized carbons (Fsp3) is 0.381. The van der Waals surface area contributed by atoms with Crippen LogP contribution < -0.4 is 14.2 Å². The molecule has 1 aliphatic heterocycles. The number of amides is 1. The number of non-ortho nitro benzene ring substituents is 1. The van der Waals surface area contributed by atoms with Crippen molar-refractivity contribution in [3.05, 3.63) is 57.6 Å². The second kappa shape index (κ2) is 9.45. The summed E-state index contributed by atoms with van der Waals surface area (Å²) in [4.78, 5) is 27.5. The molecule has 9 nitrogen and oxygen atoms in total. The zero-order chi connectivity index (χ0) is 21.7. The molecule has 2 aromatic rings. The molecule has 0 saturated carbocycles. The molecule has 9 heteroatoms. The Morgan fingerprint density at radius 3 is 2.17 bits per heavy atom. The van der Waals surface area contributed by atoms with E-state index in [0.29, 0.717) is 55.5 Å². The maximum atomic E-state index is 13.0. The molecule has 1 amide bonds. The summed E-state index contributed by atoms with van der Waals surface area (Å²) in [6.45, 7) is 3.08. The zero-order valence-electron chi connectivity index (χ0n) is 17.3. The largest absolute Gasteiger partial charge is 0.493 e. The van der Waals surface area contributed by atoms with Crippen molar-refractivity contribution in [3.63, 3.8) is 0 Å². The van der Waals surface area contributed by atoms with Crippen LogP contribution in [0.4, 0.5) is 5.69 Å². The average Bonchev–Trinajstić information content (AvgIpc) is 2.78. The van der Waals surface area contributed by atoms with E-state index in [9.17, 15) is 14.9 Å². The van der Waals surface area contributed by atoms with Crippen LogP contribution in [0.5, 0.6) is 17.2 Å². The zero-order valence-corrected chi connectivity index (χ0v) is 17.3. The van der Waals surface area contributed by atoms with Crippen molar-refractivity contribution in [2.75, 3.05) is 47.5 Å². The summed E-state index contributed by atoms with van der Waals surface area (Å²) in [5, 5.41) is 11.0. The Labute approximate surface area is 174 Å².